The molecular weight excluding hydrogens is 408 g/mol. The number of piperazine rings is 1. The average molecular weight is 433 g/mol. The van der Waals surface area contributed by atoms with Gasteiger partial charge in [-0.25, -0.2) is 0 Å². The highest BCUT2D eigenvalue weighted by Gasteiger charge is 2.16. The lowest BCUT2D eigenvalue weighted by Crippen LogP contribution is -2.48. The third-order valence-corrected chi connectivity index (χ3v) is 5.19. The highest BCUT2D eigenvalue weighted by Crippen LogP contribution is 2.08. The standard InChI is InChI=1S/C20H25BrN4O2/c21-18-6-7-20(27)25(15-18)16-19(26)22-8-9-23-10-12-24(13-11-23)14-17-4-2-1-3-5-17/h1-7,15H,8-14,16H2,(H,22,26). The second kappa shape index (κ2) is 9.82. The van der Waals surface area contributed by atoms with E-state index in [1.807, 2.05) is 6.07 Å². The van der Waals surface area contributed by atoms with Crippen LogP contribution in [-0.2, 0) is 17.9 Å². The first-order valence-electron chi connectivity index (χ1n) is 9.21. The minimum absolute atomic E-state index is 0.0448. The molecule has 1 aromatic carbocycles. The molecule has 1 amide bonds. The van der Waals surface area contributed by atoms with E-state index in [1.54, 1.807) is 12.3 Å². The number of hydrogen-bond acceptors (Lipinski definition) is 4. The highest BCUT2D eigenvalue weighted by atomic mass is 79.9. The monoisotopic (exact) mass is 432 g/mol. The van der Waals surface area contributed by atoms with Crippen LogP contribution in [0.4, 0.5) is 0 Å². The maximum Gasteiger partial charge on any atom is 0.251 e. The number of aromatic nitrogens is 1. The van der Waals surface area contributed by atoms with Crippen molar-refractivity contribution in [3.05, 3.63) is 69.1 Å². The maximum atomic E-state index is 12.1. The molecule has 0 radical (unpaired) electrons. The van der Waals surface area contributed by atoms with Crippen LogP contribution in [0.3, 0.4) is 0 Å². The van der Waals surface area contributed by atoms with Crippen molar-refractivity contribution in [3.63, 3.8) is 0 Å². The van der Waals surface area contributed by atoms with Gasteiger partial charge in [0.2, 0.25) is 5.91 Å². The molecule has 2 aromatic rings. The lowest BCUT2D eigenvalue weighted by molar-refractivity contribution is -0.121. The number of halogens is 1. The van der Waals surface area contributed by atoms with Crippen molar-refractivity contribution >= 4 is 21.8 Å². The van der Waals surface area contributed by atoms with Crippen LogP contribution in [0.15, 0.2) is 57.9 Å². The molecule has 27 heavy (non-hydrogen) atoms. The molecule has 0 bridgehead atoms. The van der Waals surface area contributed by atoms with Crippen LogP contribution >= 0.6 is 15.9 Å². The summed E-state index contributed by atoms with van der Waals surface area (Å²) in [5.41, 5.74) is 1.17. The Hall–Kier alpha value is -1.96. The molecule has 0 atom stereocenters. The summed E-state index contributed by atoms with van der Waals surface area (Å²) in [4.78, 5) is 28.6. The zero-order valence-electron chi connectivity index (χ0n) is 15.3. The smallest absolute Gasteiger partial charge is 0.251 e. The Morgan fingerprint density at radius 1 is 1.00 bits per heavy atom. The van der Waals surface area contributed by atoms with Crippen molar-refractivity contribution in [1.82, 2.24) is 19.7 Å². The molecule has 1 aliphatic rings. The van der Waals surface area contributed by atoms with Crippen LogP contribution in [0.5, 0.6) is 0 Å². The fraction of sp³-hybridized carbons (Fsp3) is 0.400. The van der Waals surface area contributed by atoms with E-state index in [0.29, 0.717) is 6.54 Å². The second-order valence-electron chi connectivity index (χ2n) is 6.77. The molecule has 1 saturated heterocycles. The van der Waals surface area contributed by atoms with Gasteiger partial charge in [-0.3, -0.25) is 19.4 Å². The molecule has 1 aromatic heterocycles. The van der Waals surface area contributed by atoms with E-state index in [-0.39, 0.29) is 18.0 Å². The van der Waals surface area contributed by atoms with Gasteiger partial charge >= 0.3 is 0 Å². The molecule has 3 rings (SSSR count). The van der Waals surface area contributed by atoms with Gasteiger partial charge in [0.1, 0.15) is 6.54 Å². The Morgan fingerprint density at radius 3 is 2.44 bits per heavy atom. The zero-order valence-corrected chi connectivity index (χ0v) is 16.9. The first-order valence-corrected chi connectivity index (χ1v) is 10.0. The number of benzene rings is 1. The lowest BCUT2D eigenvalue weighted by Gasteiger charge is -2.34. The molecule has 144 valence electrons. The van der Waals surface area contributed by atoms with Gasteiger partial charge < -0.3 is 9.88 Å². The van der Waals surface area contributed by atoms with Crippen LogP contribution in [0.2, 0.25) is 0 Å². The Balaban J connectivity index is 1.35. The summed E-state index contributed by atoms with van der Waals surface area (Å²) in [6.07, 6.45) is 1.63. The van der Waals surface area contributed by atoms with E-state index in [4.69, 9.17) is 0 Å². The summed E-state index contributed by atoms with van der Waals surface area (Å²) in [7, 11) is 0. The number of rotatable bonds is 7. The third-order valence-electron chi connectivity index (χ3n) is 4.73. The van der Waals surface area contributed by atoms with Gasteiger partial charge in [-0.1, -0.05) is 30.3 Å². The molecule has 0 unspecified atom stereocenters. The minimum atomic E-state index is -0.178. The van der Waals surface area contributed by atoms with Crippen LogP contribution in [0, 0.1) is 0 Å². The van der Waals surface area contributed by atoms with Crippen molar-refractivity contribution in [1.29, 1.82) is 0 Å². The molecule has 2 heterocycles. The van der Waals surface area contributed by atoms with E-state index in [0.717, 1.165) is 43.7 Å². The summed E-state index contributed by atoms with van der Waals surface area (Å²) < 4.78 is 2.19. The largest absolute Gasteiger partial charge is 0.353 e. The third kappa shape index (κ3) is 6.30. The first kappa shape index (κ1) is 19.8. The molecule has 1 fully saturated rings. The Bertz CT molecular complexity index is 801. The summed E-state index contributed by atoms with van der Waals surface area (Å²) >= 11 is 3.31. The van der Waals surface area contributed by atoms with Crippen molar-refractivity contribution in [2.75, 3.05) is 39.3 Å². The predicted molar refractivity (Wildman–Crippen MR) is 110 cm³/mol. The van der Waals surface area contributed by atoms with E-state index >= 15 is 0 Å². The van der Waals surface area contributed by atoms with E-state index in [9.17, 15) is 9.59 Å². The maximum absolute atomic E-state index is 12.1. The number of pyridine rings is 1. The van der Waals surface area contributed by atoms with Gasteiger partial charge in [-0.15, -0.1) is 0 Å². The Kier molecular flexibility index (Phi) is 7.20. The first-order chi connectivity index (χ1) is 13.1. The van der Waals surface area contributed by atoms with Crippen LogP contribution in [0.1, 0.15) is 5.56 Å². The average Bonchev–Trinajstić information content (AvgIpc) is 2.67. The van der Waals surface area contributed by atoms with E-state index < -0.39 is 0 Å². The summed E-state index contributed by atoms with van der Waals surface area (Å²) in [5, 5.41) is 2.91. The van der Waals surface area contributed by atoms with Crippen LogP contribution in [-0.4, -0.2) is 59.5 Å². The molecule has 6 nitrogen and oxygen atoms in total. The molecule has 1 aliphatic heterocycles. The second-order valence-corrected chi connectivity index (χ2v) is 7.68. The van der Waals surface area contributed by atoms with E-state index in [2.05, 4.69) is 55.3 Å². The van der Waals surface area contributed by atoms with Gasteiger partial charge in [-0.2, -0.15) is 0 Å². The SMILES string of the molecule is O=C(Cn1cc(Br)ccc1=O)NCCN1CCN(Cc2ccccc2)CC1. The number of nitrogens with one attached hydrogen (secondary N) is 1. The molecule has 0 spiro atoms. The number of amides is 1. The summed E-state index contributed by atoms with van der Waals surface area (Å²) in [6.45, 7) is 6.56. The normalized spacial score (nSPS) is 15.6. The van der Waals surface area contributed by atoms with Gasteiger partial charge in [0.05, 0.1) is 0 Å². The van der Waals surface area contributed by atoms with Gasteiger partial charge in [-0.05, 0) is 27.6 Å². The molecular formula is C20H25BrN4O2. The Morgan fingerprint density at radius 2 is 1.70 bits per heavy atom. The quantitative estimate of drug-likeness (QED) is 0.720. The number of hydrogen-bond donors (Lipinski definition) is 1. The minimum Gasteiger partial charge on any atom is -0.353 e. The van der Waals surface area contributed by atoms with Gasteiger partial charge in [0.15, 0.2) is 0 Å². The highest BCUT2D eigenvalue weighted by molar-refractivity contribution is 9.10. The fourth-order valence-electron chi connectivity index (χ4n) is 3.20. The van der Waals surface area contributed by atoms with E-state index in [1.165, 1.54) is 16.2 Å². The van der Waals surface area contributed by atoms with Crippen molar-refractivity contribution < 1.29 is 4.79 Å². The van der Waals surface area contributed by atoms with Gasteiger partial charge in [0, 0.05) is 62.5 Å². The number of nitrogens with zero attached hydrogens (tertiary/aromatic N) is 3. The molecule has 1 N–H and O–H groups in total. The summed E-state index contributed by atoms with van der Waals surface area (Å²) in [6, 6.07) is 13.7. The van der Waals surface area contributed by atoms with Crippen molar-refractivity contribution in [3.8, 4) is 0 Å². The lowest BCUT2D eigenvalue weighted by atomic mass is 10.2. The van der Waals surface area contributed by atoms with Gasteiger partial charge in [0.25, 0.3) is 5.56 Å². The predicted octanol–water partition coefficient (Wildman–Crippen LogP) is 1.54. The molecule has 7 heteroatoms. The number of carbonyl (C=O) groups excluding carboxylic acids is 1. The Labute approximate surface area is 167 Å². The zero-order chi connectivity index (χ0) is 19.1. The molecule has 0 saturated carbocycles. The number of carbonyl (C=O) groups is 1. The fourth-order valence-corrected chi connectivity index (χ4v) is 3.58. The van der Waals surface area contributed by atoms with Crippen LogP contribution < -0.4 is 10.9 Å². The van der Waals surface area contributed by atoms with Crippen molar-refractivity contribution in [2.24, 2.45) is 0 Å². The topological polar surface area (TPSA) is 57.6 Å². The van der Waals surface area contributed by atoms with Crippen molar-refractivity contribution in [2.45, 2.75) is 13.1 Å². The van der Waals surface area contributed by atoms with Crippen LogP contribution in [0.25, 0.3) is 0 Å². The summed E-state index contributed by atoms with van der Waals surface area (Å²) in [5.74, 6) is -0.141. The molecule has 0 aliphatic carbocycles.